The van der Waals surface area contributed by atoms with Gasteiger partial charge >= 0.3 is 0 Å². The van der Waals surface area contributed by atoms with Crippen molar-refractivity contribution in [2.45, 2.75) is 0 Å². The monoisotopic (exact) mass is 306 g/mol. The SMILES string of the molecule is COc1ccc(C(=O)Nc2ncc(-c3ccccn3)cn2)cc1. The lowest BCUT2D eigenvalue weighted by Gasteiger charge is -2.05. The molecule has 0 fully saturated rings. The van der Waals surface area contributed by atoms with Crippen LogP contribution in [0.3, 0.4) is 0 Å². The predicted molar refractivity (Wildman–Crippen MR) is 86.2 cm³/mol. The number of carbonyl (C=O) groups is 1. The standard InChI is InChI=1S/C17H14N4O2/c1-23-14-7-5-12(6-8-14)16(22)21-17-19-10-13(11-20-17)15-4-2-3-9-18-15/h2-11H,1H3,(H,19,20,21,22). The summed E-state index contributed by atoms with van der Waals surface area (Å²) in [5.74, 6) is 0.654. The average Bonchev–Trinajstić information content (AvgIpc) is 2.63. The maximum absolute atomic E-state index is 12.1. The maximum Gasteiger partial charge on any atom is 0.258 e. The molecule has 6 nitrogen and oxygen atoms in total. The van der Waals surface area contributed by atoms with Gasteiger partial charge in [0.25, 0.3) is 5.91 Å². The van der Waals surface area contributed by atoms with Gasteiger partial charge in [0.2, 0.25) is 5.95 Å². The molecule has 3 rings (SSSR count). The third-order valence-corrected chi connectivity index (χ3v) is 3.19. The van der Waals surface area contributed by atoms with Crippen LogP contribution in [0.25, 0.3) is 11.3 Å². The first kappa shape index (κ1) is 14.6. The largest absolute Gasteiger partial charge is 0.497 e. The molecule has 1 amide bonds. The van der Waals surface area contributed by atoms with Gasteiger partial charge in [0.15, 0.2) is 0 Å². The van der Waals surface area contributed by atoms with Gasteiger partial charge in [-0.3, -0.25) is 15.1 Å². The van der Waals surface area contributed by atoms with E-state index in [1.165, 1.54) is 0 Å². The van der Waals surface area contributed by atoms with Crippen LogP contribution in [0, 0.1) is 0 Å². The molecule has 0 aliphatic rings. The Hall–Kier alpha value is -3.28. The number of ether oxygens (including phenoxy) is 1. The van der Waals surface area contributed by atoms with E-state index < -0.39 is 0 Å². The Balaban J connectivity index is 1.71. The third kappa shape index (κ3) is 3.49. The molecule has 0 aliphatic heterocycles. The first-order valence-corrected chi connectivity index (χ1v) is 6.95. The highest BCUT2D eigenvalue weighted by molar-refractivity contribution is 6.03. The fourth-order valence-electron chi connectivity index (χ4n) is 1.97. The van der Waals surface area contributed by atoms with Crippen molar-refractivity contribution in [3.8, 4) is 17.0 Å². The van der Waals surface area contributed by atoms with Gasteiger partial charge in [0.1, 0.15) is 5.75 Å². The number of nitrogens with zero attached hydrogens (tertiary/aromatic N) is 3. The minimum atomic E-state index is -0.279. The summed E-state index contributed by atoms with van der Waals surface area (Å²) in [5.41, 5.74) is 2.07. The number of amides is 1. The highest BCUT2D eigenvalue weighted by Crippen LogP contribution is 2.15. The van der Waals surface area contributed by atoms with Crippen molar-refractivity contribution in [2.24, 2.45) is 0 Å². The molecule has 0 atom stereocenters. The van der Waals surface area contributed by atoms with E-state index in [2.05, 4.69) is 20.3 Å². The van der Waals surface area contributed by atoms with Gasteiger partial charge in [-0.15, -0.1) is 0 Å². The minimum absolute atomic E-state index is 0.241. The lowest BCUT2D eigenvalue weighted by molar-refractivity contribution is 0.102. The topological polar surface area (TPSA) is 77.0 Å². The van der Waals surface area contributed by atoms with Gasteiger partial charge in [0.05, 0.1) is 12.8 Å². The summed E-state index contributed by atoms with van der Waals surface area (Å²) in [6.07, 6.45) is 4.95. The molecule has 0 saturated carbocycles. The Bertz CT molecular complexity index is 787. The van der Waals surface area contributed by atoms with E-state index in [1.807, 2.05) is 18.2 Å². The lowest BCUT2D eigenvalue weighted by Crippen LogP contribution is -2.14. The van der Waals surface area contributed by atoms with E-state index in [9.17, 15) is 4.79 Å². The molecule has 3 aromatic rings. The summed E-state index contributed by atoms with van der Waals surface area (Å²) in [4.78, 5) is 24.6. The van der Waals surface area contributed by atoms with Crippen molar-refractivity contribution in [3.63, 3.8) is 0 Å². The number of pyridine rings is 1. The summed E-state index contributed by atoms with van der Waals surface area (Å²) >= 11 is 0. The molecular formula is C17H14N4O2. The second-order valence-corrected chi connectivity index (χ2v) is 4.69. The average molecular weight is 306 g/mol. The summed E-state index contributed by atoms with van der Waals surface area (Å²) in [5, 5.41) is 2.65. The van der Waals surface area contributed by atoms with E-state index in [-0.39, 0.29) is 11.9 Å². The summed E-state index contributed by atoms with van der Waals surface area (Å²) < 4.78 is 5.06. The number of anilines is 1. The molecule has 6 heteroatoms. The van der Waals surface area contributed by atoms with Crippen molar-refractivity contribution >= 4 is 11.9 Å². The molecule has 0 unspecified atom stereocenters. The Kier molecular flexibility index (Phi) is 4.24. The van der Waals surface area contributed by atoms with E-state index in [4.69, 9.17) is 4.74 Å². The summed E-state index contributed by atoms with van der Waals surface area (Å²) in [7, 11) is 1.58. The van der Waals surface area contributed by atoms with E-state index >= 15 is 0 Å². The predicted octanol–water partition coefficient (Wildman–Crippen LogP) is 2.80. The fraction of sp³-hybridized carbons (Fsp3) is 0.0588. The second kappa shape index (κ2) is 6.65. The molecule has 114 valence electrons. The van der Waals surface area contributed by atoms with Crippen molar-refractivity contribution in [1.29, 1.82) is 0 Å². The van der Waals surface area contributed by atoms with E-state index in [0.29, 0.717) is 11.3 Å². The Morgan fingerprint density at radius 2 is 1.74 bits per heavy atom. The van der Waals surface area contributed by atoms with Crippen molar-refractivity contribution in [1.82, 2.24) is 15.0 Å². The van der Waals surface area contributed by atoms with Gasteiger partial charge in [-0.2, -0.15) is 0 Å². The van der Waals surface area contributed by atoms with Crippen LogP contribution in [-0.2, 0) is 0 Å². The number of hydrogen-bond acceptors (Lipinski definition) is 5. The molecule has 1 aromatic carbocycles. The smallest absolute Gasteiger partial charge is 0.258 e. The Morgan fingerprint density at radius 3 is 2.35 bits per heavy atom. The van der Waals surface area contributed by atoms with Gasteiger partial charge in [0, 0.05) is 29.7 Å². The van der Waals surface area contributed by atoms with Crippen molar-refractivity contribution in [3.05, 3.63) is 66.6 Å². The Labute approximate surface area is 133 Å². The number of aromatic nitrogens is 3. The Morgan fingerprint density at radius 1 is 1.00 bits per heavy atom. The molecule has 0 aliphatic carbocycles. The zero-order valence-electron chi connectivity index (χ0n) is 12.4. The van der Waals surface area contributed by atoms with Gasteiger partial charge in [-0.1, -0.05) is 6.07 Å². The molecule has 0 bridgehead atoms. The third-order valence-electron chi connectivity index (χ3n) is 3.19. The molecule has 0 radical (unpaired) electrons. The van der Waals surface area contributed by atoms with Crippen LogP contribution in [-0.4, -0.2) is 28.0 Å². The fourth-order valence-corrected chi connectivity index (χ4v) is 1.97. The molecule has 2 heterocycles. The quantitative estimate of drug-likeness (QED) is 0.802. The van der Waals surface area contributed by atoms with Gasteiger partial charge < -0.3 is 4.74 Å². The number of nitrogens with one attached hydrogen (secondary N) is 1. The van der Waals surface area contributed by atoms with Crippen LogP contribution in [0.15, 0.2) is 61.1 Å². The molecular weight excluding hydrogens is 292 g/mol. The molecule has 0 saturated heterocycles. The summed E-state index contributed by atoms with van der Waals surface area (Å²) in [6, 6.07) is 12.4. The van der Waals surface area contributed by atoms with Gasteiger partial charge in [-0.25, -0.2) is 9.97 Å². The summed E-state index contributed by atoms with van der Waals surface area (Å²) in [6.45, 7) is 0. The normalized spacial score (nSPS) is 10.1. The van der Waals surface area contributed by atoms with Crippen molar-refractivity contribution in [2.75, 3.05) is 12.4 Å². The zero-order valence-corrected chi connectivity index (χ0v) is 12.4. The van der Waals surface area contributed by atoms with Crippen LogP contribution in [0.2, 0.25) is 0 Å². The highest BCUT2D eigenvalue weighted by atomic mass is 16.5. The maximum atomic E-state index is 12.1. The van der Waals surface area contributed by atoms with Crippen LogP contribution in [0.1, 0.15) is 10.4 Å². The molecule has 23 heavy (non-hydrogen) atoms. The molecule has 1 N–H and O–H groups in total. The molecule has 0 spiro atoms. The number of rotatable bonds is 4. The highest BCUT2D eigenvalue weighted by Gasteiger charge is 2.08. The zero-order chi connectivity index (χ0) is 16.1. The van der Waals surface area contributed by atoms with Crippen LogP contribution in [0.4, 0.5) is 5.95 Å². The van der Waals surface area contributed by atoms with Crippen LogP contribution >= 0.6 is 0 Å². The number of carbonyl (C=O) groups excluding carboxylic acids is 1. The first-order valence-electron chi connectivity index (χ1n) is 6.95. The lowest BCUT2D eigenvalue weighted by atomic mass is 10.2. The first-order chi connectivity index (χ1) is 11.3. The van der Waals surface area contributed by atoms with Crippen LogP contribution < -0.4 is 10.1 Å². The molecule has 2 aromatic heterocycles. The van der Waals surface area contributed by atoms with Crippen LogP contribution in [0.5, 0.6) is 5.75 Å². The second-order valence-electron chi connectivity index (χ2n) is 4.69. The van der Waals surface area contributed by atoms with Gasteiger partial charge in [-0.05, 0) is 36.4 Å². The minimum Gasteiger partial charge on any atom is -0.497 e. The number of benzene rings is 1. The van der Waals surface area contributed by atoms with E-state index in [0.717, 1.165) is 11.3 Å². The number of hydrogen-bond donors (Lipinski definition) is 1. The van der Waals surface area contributed by atoms with E-state index in [1.54, 1.807) is 50.0 Å². The van der Waals surface area contributed by atoms with Crippen molar-refractivity contribution < 1.29 is 9.53 Å². The number of methoxy groups -OCH3 is 1.